The fraction of sp³-hybridized carbons (Fsp3) is 0.500. The summed E-state index contributed by atoms with van der Waals surface area (Å²) in [7, 11) is 0. The SMILES string of the molecule is CCCCCC(C)NC(=O)Nc1cccc([N+](=O)[O-])c1. The van der Waals surface area contributed by atoms with Gasteiger partial charge in [0.15, 0.2) is 0 Å². The van der Waals surface area contributed by atoms with E-state index in [0.29, 0.717) is 5.69 Å². The number of hydrogen-bond donors (Lipinski definition) is 2. The molecule has 0 saturated heterocycles. The molecule has 6 nitrogen and oxygen atoms in total. The normalized spacial score (nSPS) is 11.7. The number of carbonyl (C=O) groups is 1. The van der Waals surface area contributed by atoms with Gasteiger partial charge in [-0.3, -0.25) is 10.1 Å². The number of nitrogens with one attached hydrogen (secondary N) is 2. The molecule has 0 spiro atoms. The Hall–Kier alpha value is -2.11. The average molecular weight is 279 g/mol. The molecule has 1 aromatic carbocycles. The van der Waals surface area contributed by atoms with Gasteiger partial charge in [0, 0.05) is 23.9 Å². The second kappa shape index (κ2) is 8.14. The first-order chi connectivity index (χ1) is 9.52. The van der Waals surface area contributed by atoms with Gasteiger partial charge in [0.1, 0.15) is 0 Å². The number of amides is 2. The third kappa shape index (κ3) is 5.69. The fourth-order valence-electron chi connectivity index (χ4n) is 1.86. The Kier molecular flexibility index (Phi) is 6.49. The van der Waals surface area contributed by atoms with E-state index >= 15 is 0 Å². The number of nitro benzene ring substituents is 1. The van der Waals surface area contributed by atoms with Gasteiger partial charge in [-0.1, -0.05) is 32.3 Å². The van der Waals surface area contributed by atoms with E-state index in [0.717, 1.165) is 25.7 Å². The molecule has 1 atom stereocenters. The lowest BCUT2D eigenvalue weighted by Gasteiger charge is -2.14. The molecular weight excluding hydrogens is 258 g/mol. The van der Waals surface area contributed by atoms with Crippen molar-refractivity contribution in [2.45, 2.75) is 45.6 Å². The summed E-state index contributed by atoms with van der Waals surface area (Å²) in [6, 6.07) is 5.62. The van der Waals surface area contributed by atoms with Crippen molar-refractivity contribution in [3.63, 3.8) is 0 Å². The van der Waals surface area contributed by atoms with Crippen molar-refractivity contribution < 1.29 is 9.72 Å². The van der Waals surface area contributed by atoms with Gasteiger partial charge in [-0.15, -0.1) is 0 Å². The van der Waals surface area contributed by atoms with Crippen LogP contribution in [0.3, 0.4) is 0 Å². The number of rotatable bonds is 7. The Bertz CT molecular complexity index is 463. The monoisotopic (exact) mass is 279 g/mol. The van der Waals surface area contributed by atoms with Gasteiger partial charge in [0.2, 0.25) is 0 Å². The summed E-state index contributed by atoms with van der Waals surface area (Å²) in [4.78, 5) is 21.9. The van der Waals surface area contributed by atoms with E-state index in [2.05, 4.69) is 17.6 Å². The summed E-state index contributed by atoms with van der Waals surface area (Å²) in [5.74, 6) is 0. The Balaban J connectivity index is 2.45. The summed E-state index contributed by atoms with van der Waals surface area (Å²) < 4.78 is 0. The molecule has 2 N–H and O–H groups in total. The molecule has 1 unspecified atom stereocenters. The number of benzene rings is 1. The molecule has 2 amide bonds. The molecule has 110 valence electrons. The molecule has 0 fully saturated rings. The van der Waals surface area contributed by atoms with Crippen LogP contribution >= 0.6 is 0 Å². The molecule has 1 aromatic rings. The second-order valence-corrected chi connectivity index (χ2v) is 4.80. The minimum absolute atomic E-state index is 0.0428. The number of nitro groups is 1. The molecule has 0 radical (unpaired) electrons. The molecule has 20 heavy (non-hydrogen) atoms. The van der Waals surface area contributed by atoms with E-state index in [9.17, 15) is 14.9 Å². The zero-order chi connectivity index (χ0) is 15.0. The molecule has 0 bridgehead atoms. The first-order valence-corrected chi connectivity index (χ1v) is 6.85. The van der Waals surface area contributed by atoms with E-state index < -0.39 is 4.92 Å². The number of non-ortho nitro benzene ring substituents is 1. The smallest absolute Gasteiger partial charge is 0.319 e. The van der Waals surface area contributed by atoms with Crippen molar-refractivity contribution in [3.8, 4) is 0 Å². The van der Waals surface area contributed by atoms with Crippen LogP contribution in [-0.2, 0) is 0 Å². The first kappa shape index (κ1) is 15.9. The minimum Gasteiger partial charge on any atom is -0.335 e. The number of urea groups is 1. The van der Waals surface area contributed by atoms with Crippen molar-refractivity contribution >= 4 is 17.4 Å². The van der Waals surface area contributed by atoms with E-state index in [1.807, 2.05) is 6.92 Å². The Morgan fingerprint density at radius 3 is 2.80 bits per heavy atom. The molecule has 0 heterocycles. The third-order valence-electron chi connectivity index (χ3n) is 2.93. The molecule has 0 aliphatic heterocycles. The van der Waals surface area contributed by atoms with Crippen LogP contribution in [0.5, 0.6) is 0 Å². The number of anilines is 1. The predicted molar refractivity (Wildman–Crippen MR) is 78.9 cm³/mol. The lowest BCUT2D eigenvalue weighted by molar-refractivity contribution is -0.384. The highest BCUT2D eigenvalue weighted by molar-refractivity contribution is 5.89. The highest BCUT2D eigenvalue weighted by atomic mass is 16.6. The van der Waals surface area contributed by atoms with Crippen LogP contribution in [0.25, 0.3) is 0 Å². The van der Waals surface area contributed by atoms with Gasteiger partial charge < -0.3 is 10.6 Å². The van der Waals surface area contributed by atoms with Crippen LogP contribution in [0, 0.1) is 10.1 Å². The standard InChI is InChI=1S/C14H21N3O3/c1-3-4-5-7-11(2)15-14(18)16-12-8-6-9-13(10-12)17(19)20/h6,8-11H,3-5,7H2,1-2H3,(H2,15,16,18). The first-order valence-electron chi connectivity index (χ1n) is 6.85. The van der Waals surface area contributed by atoms with E-state index in [1.54, 1.807) is 12.1 Å². The maximum Gasteiger partial charge on any atom is 0.319 e. The largest absolute Gasteiger partial charge is 0.335 e. The van der Waals surface area contributed by atoms with Crippen LogP contribution in [0.15, 0.2) is 24.3 Å². The summed E-state index contributed by atoms with van der Waals surface area (Å²) >= 11 is 0. The van der Waals surface area contributed by atoms with Crippen LogP contribution < -0.4 is 10.6 Å². The Labute approximate surface area is 118 Å². The minimum atomic E-state index is -0.490. The van der Waals surface area contributed by atoms with Crippen molar-refractivity contribution in [2.24, 2.45) is 0 Å². The van der Waals surface area contributed by atoms with E-state index in [1.165, 1.54) is 12.1 Å². The number of unbranched alkanes of at least 4 members (excludes halogenated alkanes) is 2. The fourth-order valence-corrected chi connectivity index (χ4v) is 1.86. The summed E-state index contributed by atoms with van der Waals surface area (Å²) in [5.41, 5.74) is 0.372. The van der Waals surface area contributed by atoms with Gasteiger partial charge in [-0.2, -0.15) is 0 Å². The van der Waals surface area contributed by atoms with Gasteiger partial charge in [-0.05, 0) is 19.4 Å². The van der Waals surface area contributed by atoms with Crippen molar-refractivity contribution in [2.75, 3.05) is 5.32 Å². The van der Waals surface area contributed by atoms with Gasteiger partial charge in [0.05, 0.1) is 4.92 Å². The van der Waals surface area contributed by atoms with Crippen molar-refractivity contribution in [3.05, 3.63) is 34.4 Å². The van der Waals surface area contributed by atoms with Crippen LogP contribution in [0.4, 0.5) is 16.2 Å². The second-order valence-electron chi connectivity index (χ2n) is 4.80. The summed E-state index contributed by atoms with van der Waals surface area (Å²) in [6.45, 7) is 4.08. The zero-order valence-corrected chi connectivity index (χ0v) is 11.9. The average Bonchev–Trinajstić information content (AvgIpc) is 2.39. The van der Waals surface area contributed by atoms with Crippen LogP contribution in [0.1, 0.15) is 39.5 Å². The summed E-state index contributed by atoms with van der Waals surface area (Å²) in [6.07, 6.45) is 4.30. The lowest BCUT2D eigenvalue weighted by Crippen LogP contribution is -2.36. The van der Waals surface area contributed by atoms with E-state index in [4.69, 9.17) is 0 Å². The maximum absolute atomic E-state index is 11.7. The van der Waals surface area contributed by atoms with Crippen LogP contribution in [-0.4, -0.2) is 17.0 Å². The van der Waals surface area contributed by atoms with Crippen molar-refractivity contribution in [1.82, 2.24) is 5.32 Å². The number of nitrogens with zero attached hydrogens (tertiary/aromatic N) is 1. The maximum atomic E-state index is 11.7. The molecule has 0 aliphatic carbocycles. The highest BCUT2D eigenvalue weighted by Gasteiger charge is 2.10. The molecule has 6 heteroatoms. The van der Waals surface area contributed by atoms with Gasteiger partial charge in [-0.25, -0.2) is 4.79 Å². The predicted octanol–water partition coefficient (Wildman–Crippen LogP) is 3.69. The Morgan fingerprint density at radius 1 is 1.40 bits per heavy atom. The van der Waals surface area contributed by atoms with E-state index in [-0.39, 0.29) is 17.8 Å². The highest BCUT2D eigenvalue weighted by Crippen LogP contribution is 2.16. The zero-order valence-electron chi connectivity index (χ0n) is 11.9. The summed E-state index contributed by atoms with van der Waals surface area (Å²) in [5, 5.41) is 16.1. The molecule has 1 rings (SSSR count). The van der Waals surface area contributed by atoms with Gasteiger partial charge in [0.25, 0.3) is 5.69 Å². The van der Waals surface area contributed by atoms with Crippen molar-refractivity contribution in [1.29, 1.82) is 0 Å². The molecule has 0 aromatic heterocycles. The van der Waals surface area contributed by atoms with Gasteiger partial charge >= 0.3 is 6.03 Å². The Morgan fingerprint density at radius 2 is 2.15 bits per heavy atom. The quantitative estimate of drug-likeness (QED) is 0.453. The molecule has 0 aliphatic rings. The lowest BCUT2D eigenvalue weighted by atomic mass is 10.1. The number of carbonyl (C=O) groups excluding carboxylic acids is 1. The molecular formula is C14H21N3O3. The number of hydrogen-bond acceptors (Lipinski definition) is 3. The third-order valence-corrected chi connectivity index (χ3v) is 2.93. The topological polar surface area (TPSA) is 84.3 Å². The molecule has 0 saturated carbocycles. The van der Waals surface area contributed by atoms with Crippen LogP contribution in [0.2, 0.25) is 0 Å².